The van der Waals surface area contributed by atoms with Gasteiger partial charge in [0.1, 0.15) is 6.04 Å². The summed E-state index contributed by atoms with van der Waals surface area (Å²) in [5.41, 5.74) is 4.01. The van der Waals surface area contributed by atoms with E-state index >= 15 is 0 Å². The van der Waals surface area contributed by atoms with Gasteiger partial charge in [-0.05, 0) is 30.7 Å². The lowest BCUT2D eigenvalue weighted by molar-refractivity contribution is -0.143. The predicted octanol–water partition coefficient (Wildman–Crippen LogP) is 4.25. The largest absolute Gasteiger partial charge is 0.467 e. The maximum absolute atomic E-state index is 13.4. The zero-order valence-corrected chi connectivity index (χ0v) is 17.8. The molecule has 0 unspecified atom stereocenters. The summed E-state index contributed by atoms with van der Waals surface area (Å²) in [6, 6.07) is 17.0. The molecule has 1 aliphatic rings. The third-order valence-electron chi connectivity index (χ3n) is 5.43. The minimum atomic E-state index is -0.650. The second-order valence-electron chi connectivity index (χ2n) is 7.35. The number of esters is 1. The molecular formula is C24H19N3O3S. The summed E-state index contributed by atoms with van der Waals surface area (Å²) in [7, 11) is 1.35. The minimum Gasteiger partial charge on any atom is -0.467 e. The van der Waals surface area contributed by atoms with Crippen LogP contribution in [0.3, 0.4) is 0 Å². The van der Waals surface area contributed by atoms with Crippen LogP contribution in [0.2, 0.25) is 0 Å². The fraction of sp³-hybridized carbons (Fsp3) is 0.167. The fourth-order valence-corrected chi connectivity index (χ4v) is 5.29. The Bertz CT molecular complexity index is 1380. The first-order valence-corrected chi connectivity index (χ1v) is 10.9. The number of thioether (sulfide) groups is 1. The molecule has 5 rings (SSSR count). The molecule has 0 saturated heterocycles. The molecule has 4 aromatic rings. The van der Waals surface area contributed by atoms with E-state index in [0.717, 1.165) is 32.9 Å². The first-order chi connectivity index (χ1) is 15.1. The van der Waals surface area contributed by atoms with Crippen molar-refractivity contribution in [1.82, 2.24) is 14.5 Å². The Morgan fingerprint density at radius 3 is 2.65 bits per heavy atom. The number of carbonyl (C=O) groups is 1. The van der Waals surface area contributed by atoms with Gasteiger partial charge in [0.25, 0.3) is 5.56 Å². The van der Waals surface area contributed by atoms with Gasteiger partial charge in [-0.15, -0.1) is 11.8 Å². The maximum atomic E-state index is 13.4. The average Bonchev–Trinajstić information content (AvgIpc) is 3.24. The molecule has 4 heterocycles. The highest BCUT2D eigenvalue weighted by Crippen LogP contribution is 2.43. The van der Waals surface area contributed by atoms with Gasteiger partial charge in [0, 0.05) is 28.6 Å². The van der Waals surface area contributed by atoms with Crippen LogP contribution in [0.25, 0.3) is 33.3 Å². The molecule has 6 nitrogen and oxygen atoms in total. The van der Waals surface area contributed by atoms with E-state index in [4.69, 9.17) is 4.74 Å². The molecule has 0 bridgehead atoms. The van der Waals surface area contributed by atoms with Crippen molar-refractivity contribution in [3.63, 3.8) is 0 Å². The van der Waals surface area contributed by atoms with E-state index < -0.39 is 12.0 Å². The average molecular weight is 430 g/mol. The SMILES string of the molecule is COC(=O)[C@@H]1CSc2c(-c3ccccc3)c3cc(-c4cccc(C)n4)ncc3c(=O)n21. The first kappa shape index (κ1) is 19.5. The van der Waals surface area contributed by atoms with Crippen molar-refractivity contribution < 1.29 is 9.53 Å². The second kappa shape index (κ2) is 7.67. The van der Waals surface area contributed by atoms with Crippen molar-refractivity contribution in [2.45, 2.75) is 18.0 Å². The number of hydrogen-bond donors (Lipinski definition) is 0. The Morgan fingerprint density at radius 2 is 1.90 bits per heavy atom. The van der Waals surface area contributed by atoms with Gasteiger partial charge in [0.15, 0.2) is 0 Å². The van der Waals surface area contributed by atoms with Gasteiger partial charge in [-0.25, -0.2) is 4.79 Å². The molecule has 0 radical (unpaired) electrons. The smallest absolute Gasteiger partial charge is 0.329 e. The Balaban J connectivity index is 1.85. The zero-order valence-electron chi connectivity index (χ0n) is 17.0. The van der Waals surface area contributed by atoms with Gasteiger partial charge >= 0.3 is 5.97 Å². The summed E-state index contributed by atoms with van der Waals surface area (Å²) in [5.74, 6) is 0.0397. The van der Waals surface area contributed by atoms with Crippen LogP contribution in [-0.2, 0) is 9.53 Å². The highest BCUT2D eigenvalue weighted by molar-refractivity contribution is 7.99. The summed E-state index contributed by atoms with van der Waals surface area (Å²) in [6.07, 6.45) is 1.59. The number of aryl methyl sites for hydroxylation is 1. The molecule has 0 saturated carbocycles. The zero-order chi connectivity index (χ0) is 21.5. The molecule has 0 N–H and O–H groups in total. The normalized spacial score (nSPS) is 15.1. The quantitative estimate of drug-likeness (QED) is 0.453. The number of hydrogen-bond acceptors (Lipinski definition) is 6. The number of ether oxygens (including phenoxy) is 1. The molecule has 0 amide bonds. The van der Waals surface area contributed by atoms with E-state index in [2.05, 4.69) is 9.97 Å². The molecule has 0 spiro atoms. The fourth-order valence-electron chi connectivity index (χ4n) is 3.97. The molecule has 1 atom stereocenters. The molecule has 1 aromatic carbocycles. The number of benzene rings is 1. The molecule has 3 aromatic heterocycles. The number of methoxy groups -OCH3 is 1. The summed E-state index contributed by atoms with van der Waals surface area (Å²) < 4.78 is 6.52. The van der Waals surface area contributed by atoms with Crippen molar-refractivity contribution in [1.29, 1.82) is 0 Å². The highest BCUT2D eigenvalue weighted by Gasteiger charge is 2.34. The number of fused-ring (bicyclic) bond motifs is 2. The summed E-state index contributed by atoms with van der Waals surface area (Å²) in [4.78, 5) is 34.9. The van der Waals surface area contributed by atoms with Crippen molar-refractivity contribution in [3.05, 3.63) is 76.8 Å². The summed E-state index contributed by atoms with van der Waals surface area (Å²) >= 11 is 1.50. The van der Waals surface area contributed by atoms with E-state index in [1.807, 2.05) is 61.5 Å². The van der Waals surface area contributed by atoms with Crippen LogP contribution in [0.4, 0.5) is 0 Å². The monoisotopic (exact) mass is 429 g/mol. The van der Waals surface area contributed by atoms with Gasteiger partial charge in [-0.1, -0.05) is 36.4 Å². The van der Waals surface area contributed by atoms with Crippen LogP contribution >= 0.6 is 11.8 Å². The third-order valence-corrected chi connectivity index (χ3v) is 6.59. The number of carbonyl (C=O) groups excluding carboxylic acids is 1. The van der Waals surface area contributed by atoms with Crippen LogP contribution in [0, 0.1) is 6.92 Å². The van der Waals surface area contributed by atoms with E-state index in [9.17, 15) is 9.59 Å². The lowest BCUT2D eigenvalue weighted by Crippen LogP contribution is -2.30. The van der Waals surface area contributed by atoms with Crippen molar-refractivity contribution in [3.8, 4) is 22.5 Å². The van der Waals surface area contributed by atoms with E-state index in [-0.39, 0.29) is 5.56 Å². The van der Waals surface area contributed by atoms with Gasteiger partial charge in [-0.2, -0.15) is 0 Å². The molecule has 154 valence electrons. The molecule has 7 heteroatoms. The van der Waals surface area contributed by atoms with Crippen LogP contribution in [0.1, 0.15) is 11.7 Å². The van der Waals surface area contributed by atoms with Crippen LogP contribution < -0.4 is 5.56 Å². The number of rotatable bonds is 3. The lowest BCUT2D eigenvalue weighted by Gasteiger charge is -2.17. The highest BCUT2D eigenvalue weighted by atomic mass is 32.2. The Labute approximate surface area is 182 Å². The van der Waals surface area contributed by atoms with Crippen LogP contribution in [0.5, 0.6) is 0 Å². The number of nitrogens with zero attached hydrogens (tertiary/aromatic N) is 3. The Kier molecular flexibility index (Phi) is 4.82. The topological polar surface area (TPSA) is 74.1 Å². The minimum absolute atomic E-state index is 0.235. The van der Waals surface area contributed by atoms with E-state index in [0.29, 0.717) is 16.8 Å². The third kappa shape index (κ3) is 3.21. The van der Waals surface area contributed by atoms with Crippen molar-refractivity contribution >= 4 is 28.5 Å². The van der Waals surface area contributed by atoms with Crippen LogP contribution in [-0.4, -0.2) is 33.4 Å². The van der Waals surface area contributed by atoms with Crippen molar-refractivity contribution in [2.24, 2.45) is 0 Å². The van der Waals surface area contributed by atoms with Gasteiger partial charge < -0.3 is 4.74 Å². The Morgan fingerprint density at radius 1 is 1.10 bits per heavy atom. The summed E-state index contributed by atoms with van der Waals surface area (Å²) in [6.45, 7) is 1.93. The molecule has 31 heavy (non-hydrogen) atoms. The van der Waals surface area contributed by atoms with Crippen LogP contribution in [0.15, 0.2) is 70.6 Å². The van der Waals surface area contributed by atoms with Gasteiger partial charge in [0.2, 0.25) is 0 Å². The van der Waals surface area contributed by atoms with Gasteiger partial charge in [0.05, 0.1) is 28.9 Å². The number of aromatic nitrogens is 3. The Hall–Kier alpha value is -3.45. The molecule has 1 aliphatic heterocycles. The van der Waals surface area contributed by atoms with Gasteiger partial charge in [-0.3, -0.25) is 19.3 Å². The predicted molar refractivity (Wildman–Crippen MR) is 121 cm³/mol. The van der Waals surface area contributed by atoms with Crippen molar-refractivity contribution in [2.75, 3.05) is 12.9 Å². The standard InChI is InChI=1S/C24H19N3O3S/c1-14-7-6-10-18(26-14)19-11-16-17(12-25-19)22(28)27-20(24(29)30-2)13-31-23(27)21(16)15-8-4-3-5-9-15/h3-12,20H,13H2,1-2H3/t20-/m0/s1. The maximum Gasteiger partial charge on any atom is 0.329 e. The number of pyridine rings is 3. The lowest BCUT2D eigenvalue weighted by atomic mass is 10.00. The molecular weight excluding hydrogens is 410 g/mol. The second-order valence-corrected chi connectivity index (χ2v) is 8.36. The van der Waals surface area contributed by atoms with E-state index in [1.165, 1.54) is 18.9 Å². The van der Waals surface area contributed by atoms with E-state index in [1.54, 1.807) is 10.8 Å². The molecule has 0 fully saturated rings. The first-order valence-electron chi connectivity index (χ1n) is 9.87. The summed E-state index contributed by atoms with van der Waals surface area (Å²) in [5, 5.41) is 2.04. The molecule has 0 aliphatic carbocycles.